The molecule has 0 amide bonds. The summed E-state index contributed by atoms with van der Waals surface area (Å²) >= 11 is 0. The van der Waals surface area contributed by atoms with E-state index >= 15 is 0 Å². The second kappa shape index (κ2) is 4.74. The molecule has 0 spiro atoms. The summed E-state index contributed by atoms with van der Waals surface area (Å²) < 4.78 is 0. The minimum atomic E-state index is -0.730. The number of aliphatic carboxylic acids is 1. The molecule has 2 aromatic rings. The van der Waals surface area contributed by atoms with E-state index < -0.39 is 5.97 Å². The van der Waals surface area contributed by atoms with E-state index in [0.717, 1.165) is 22.5 Å². The molecule has 3 rings (SSSR count). The van der Waals surface area contributed by atoms with E-state index in [4.69, 9.17) is 0 Å². The Morgan fingerprint density at radius 2 is 1.90 bits per heavy atom. The molecule has 1 fully saturated rings. The summed E-state index contributed by atoms with van der Waals surface area (Å²) in [5, 5.41) is 9.23. The highest BCUT2D eigenvalue weighted by Gasteiger charge is 2.36. The summed E-state index contributed by atoms with van der Waals surface area (Å²) in [6.45, 7) is 5.12. The monoisotopic (exact) mass is 271 g/mol. The van der Waals surface area contributed by atoms with Crippen LogP contribution in [0.25, 0.3) is 11.0 Å². The number of rotatable bonds is 2. The quantitative estimate of drug-likeness (QED) is 0.906. The van der Waals surface area contributed by atoms with Crippen LogP contribution in [0, 0.1) is 18.8 Å². The van der Waals surface area contributed by atoms with Crippen LogP contribution >= 0.6 is 0 Å². The molecule has 1 aliphatic heterocycles. The van der Waals surface area contributed by atoms with Gasteiger partial charge in [-0.25, -0.2) is 9.97 Å². The first-order valence-corrected chi connectivity index (χ1v) is 6.77. The average molecular weight is 271 g/mol. The van der Waals surface area contributed by atoms with Crippen LogP contribution in [0.1, 0.15) is 12.6 Å². The van der Waals surface area contributed by atoms with Gasteiger partial charge >= 0.3 is 5.97 Å². The molecule has 5 nitrogen and oxygen atoms in total. The first-order chi connectivity index (χ1) is 9.56. The van der Waals surface area contributed by atoms with Crippen molar-refractivity contribution < 1.29 is 9.90 Å². The number of carbonyl (C=O) groups is 1. The molecular formula is C15H17N3O2. The Hall–Kier alpha value is -2.17. The van der Waals surface area contributed by atoms with Crippen LogP contribution in [0.5, 0.6) is 0 Å². The number of carboxylic acid groups (broad SMARTS) is 1. The van der Waals surface area contributed by atoms with E-state index in [9.17, 15) is 9.90 Å². The molecule has 1 aromatic carbocycles. The van der Waals surface area contributed by atoms with Gasteiger partial charge in [-0.15, -0.1) is 0 Å². The number of hydrogen-bond donors (Lipinski definition) is 1. The van der Waals surface area contributed by atoms with Gasteiger partial charge in [0.25, 0.3) is 0 Å². The molecule has 1 aliphatic rings. The summed E-state index contributed by atoms with van der Waals surface area (Å²) in [5.41, 5.74) is 2.57. The molecule has 1 N–H and O–H groups in total. The van der Waals surface area contributed by atoms with Gasteiger partial charge < -0.3 is 10.0 Å². The third kappa shape index (κ3) is 2.09. The van der Waals surface area contributed by atoms with Crippen molar-refractivity contribution in [2.75, 3.05) is 18.0 Å². The lowest BCUT2D eigenvalue weighted by molar-refractivity contribution is -0.142. The number of benzene rings is 1. The lowest BCUT2D eigenvalue weighted by Gasteiger charge is -2.19. The van der Waals surface area contributed by atoms with Crippen molar-refractivity contribution in [1.29, 1.82) is 0 Å². The highest BCUT2D eigenvalue weighted by atomic mass is 16.4. The zero-order valence-electron chi connectivity index (χ0n) is 11.6. The minimum absolute atomic E-state index is 0.125. The molecule has 1 saturated heterocycles. The van der Waals surface area contributed by atoms with Crippen molar-refractivity contribution in [2.24, 2.45) is 11.8 Å². The number of carboxylic acids is 1. The fourth-order valence-electron chi connectivity index (χ4n) is 2.84. The normalized spacial score (nSPS) is 22.4. The Morgan fingerprint density at radius 1 is 1.25 bits per heavy atom. The highest BCUT2D eigenvalue weighted by Crippen LogP contribution is 2.29. The van der Waals surface area contributed by atoms with Crippen LogP contribution in [-0.2, 0) is 4.79 Å². The second-order valence-electron chi connectivity index (χ2n) is 5.45. The predicted molar refractivity (Wildman–Crippen MR) is 76.8 cm³/mol. The Labute approximate surface area is 117 Å². The van der Waals surface area contributed by atoms with Gasteiger partial charge in [-0.2, -0.15) is 0 Å². The Bertz CT molecular complexity index is 671. The van der Waals surface area contributed by atoms with E-state index in [1.165, 1.54) is 0 Å². The highest BCUT2D eigenvalue weighted by molar-refractivity contribution is 5.77. The zero-order chi connectivity index (χ0) is 14.3. The third-order valence-electron chi connectivity index (χ3n) is 3.95. The molecule has 0 radical (unpaired) electrons. The predicted octanol–water partition coefficient (Wildman–Crippen LogP) is 2.10. The van der Waals surface area contributed by atoms with Crippen LogP contribution in [0.15, 0.2) is 24.3 Å². The van der Waals surface area contributed by atoms with Crippen LogP contribution in [-0.4, -0.2) is 34.1 Å². The van der Waals surface area contributed by atoms with Gasteiger partial charge in [-0.1, -0.05) is 19.1 Å². The molecule has 0 aliphatic carbocycles. The number of anilines is 1. The maximum Gasteiger partial charge on any atom is 0.308 e. The molecule has 0 unspecified atom stereocenters. The largest absolute Gasteiger partial charge is 0.481 e. The number of aromatic nitrogens is 2. The van der Waals surface area contributed by atoms with E-state index in [0.29, 0.717) is 13.1 Å². The van der Waals surface area contributed by atoms with E-state index in [2.05, 4.69) is 9.97 Å². The summed E-state index contributed by atoms with van der Waals surface area (Å²) in [6, 6.07) is 7.74. The second-order valence-corrected chi connectivity index (χ2v) is 5.45. The van der Waals surface area contributed by atoms with Gasteiger partial charge in [0.2, 0.25) is 0 Å². The van der Waals surface area contributed by atoms with Crippen molar-refractivity contribution >= 4 is 22.8 Å². The molecule has 2 heterocycles. The SMILES string of the molecule is Cc1nc2ccccc2nc1N1C[C@@H](C)[C@H](C(=O)O)C1. The van der Waals surface area contributed by atoms with Crippen LogP contribution < -0.4 is 4.90 Å². The number of para-hydroxylation sites is 2. The first kappa shape index (κ1) is 12.8. The van der Waals surface area contributed by atoms with Gasteiger partial charge in [-0.3, -0.25) is 4.79 Å². The number of aryl methyl sites for hydroxylation is 1. The maximum absolute atomic E-state index is 11.2. The van der Waals surface area contributed by atoms with Gasteiger partial charge in [0.1, 0.15) is 0 Å². The summed E-state index contributed by atoms with van der Waals surface area (Å²) in [7, 11) is 0. The zero-order valence-corrected chi connectivity index (χ0v) is 11.6. The molecule has 0 bridgehead atoms. The van der Waals surface area contributed by atoms with Crippen LogP contribution in [0.4, 0.5) is 5.82 Å². The summed E-state index contributed by atoms with van der Waals surface area (Å²) in [6.07, 6.45) is 0. The van der Waals surface area contributed by atoms with Crippen LogP contribution in [0.2, 0.25) is 0 Å². The van der Waals surface area contributed by atoms with Gasteiger partial charge in [0, 0.05) is 13.1 Å². The number of fused-ring (bicyclic) bond motifs is 1. The van der Waals surface area contributed by atoms with Crippen molar-refractivity contribution in [2.45, 2.75) is 13.8 Å². The number of hydrogen-bond acceptors (Lipinski definition) is 4. The lowest BCUT2D eigenvalue weighted by Crippen LogP contribution is -2.24. The lowest BCUT2D eigenvalue weighted by atomic mass is 9.99. The molecule has 0 saturated carbocycles. The Kier molecular flexibility index (Phi) is 3.04. The van der Waals surface area contributed by atoms with E-state index in [1.54, 1.807) is 0 Å². The smallest absolute Gasteiger partial charge is 0.308 e. The summed E-state index contributed by atoms with van der Waals surface area (Å²) in [5.74, 6) is -0.131. The van der Waals surface area contributed by atoms with Crippen molar-refractivity contribution in [3.8, 4) is 0 Å². The van der Waals surface area contributed by atoms with Crippen LogP contribution in [0.3, 0.4) is 0 Å². The Morgan fingerprint density at radius 3 is 2.50 bits per heavy atom. The van der Waals surface area contributed by atoms with E-state index in [-0.39, 0.29) is 11.8 Å². The van der Waals surface area contributed by atoms with Gasteiger partial charge in [-0.05, 0) is 25.0 Å². The maximum atomic E-state index is 11.2. The topological polar surface area (TPSA) is 66.3 Å². The Balaban J connectivity index is 1.98. The average Bonchev–Trinajstić information content (AvgIpc) is 2.80. The summed E-state index contributed by atoms with van der Waals surface area (Å²) in [4.78, 5) is 22.5. The standard InChI is InChI=1S/C15H17N3O2/c1-9-7-18(8-11(9)15(19)20)14-10(2)16-12-5-3-4-6-13(12)17-14/h3-6,9,11H,7-8H2,1-2H3,(H,19,20)/t9-,11-/m1/s1. The molecular weight excluding hydrogens is 254 g/mol. The van der Waals surface area contributed by atoms with Gasteiger partial charge in [0.05, 0.1) is 22.6 Å². The number of nitrogens with zero attached hydrogens (tertiary/aromatic N) is 3. The van der Waals surface area contributed by atoms with Crippen molar-refractivity contribution in [3.05, 3.63) is 30.0 Å². The fraction of sp³-hybridized carbons (Fsp3) is 0.400. The first-order valence-electron chi connectivity index (χ1n) is 6.77. The minimum Gasteiger partial charge on any atom is -0.481 e. The van der Waals surface area contributed by atoms with Crippen molar-refractivity contribution in [1.82, 2.24) is 9.97 Å². The molecule has 20 heavy (non-hydrogen) atoms. The molecule has 5 heteroatoms. The molecule has 2 atom stereocenters. The third-order valence-corrected chi connectivity index (χ3v) is 3.95. The van der Waals surface area contributed by atoms with Gasteiger partial charge in [0.15, 0.2) is 5.82 Å². The molecule has 104 valence electrons. The fourth-order valence-corrected chi connectivity index (χ4v) is 2.84. The van der Waals surface area contributed by atoms with Crippen molar-refractivity contribution in [3.63, 3.8) is 0 Å². The van der Waals surface area contributed by atoms with E-state index in [1.807, 2.05) is 43.0 Å². The molecule has 1 aromatic heterocycles.